The van der Waals surface area contributed by atoms with Crippen LogP contribution in [0, 0.1) is 0 Å². The second kappa shape index (κ2) is 15.4. The second-order valence-electron chi connectivity index (χ2n) is 18.0. The van der Waals surface area contributed by atoms with Crippen molar-refractivity contribution in [1.82, 2.24) is 9.80 Å². The Labute approximate surface area is 314 Å². The Bertz CT molecular complexity index is 1380. The van der Waals surface area contributed by atoms with E-state index in [9.17, 15) is 9.59 Å². The molecule has 2 amide bonds. The van der Waals surface area contributed by atoms with Crippen LogP contribution >= 0.6 is 0 Å². The van der Waals surface area contributed by atoms with Crippen molar-refractivity contribution in [2.75, 3.05) is 14.1 Å². The summed E-state index contributed by atoms with van der Waals surface area (Å²) in [4.78, 5) is 27.7. The standard InChI is InChI=1S/2C20H32BNO4/c2*1-14(22(9)17(23)24-18(2,3)4)15-10-12-16(13-11-15)21-25-19(5,6)20(7,8)26-21/h2*10-14H,1-9H3/t2*14-/m00/s1. The molecular formula is C40H64B2N2O8. The Kier molecular flexibility index (Phi) is 12.8. The van der Waals surface area contributed by atoms with Crippen molar-refractivity contribution in [3.8, 4) is 0 Å². The molecule has 4 rings (SSSR count). The summed E-state index contributed by atoms with van der Waals surface area (Å²) in [5.41, 5.74) is 1.54. The molecule has 2 fully saturated rings. The Morgan fingerprint density at radius 3 is 0.981 bits per heavy atom. The quantitative estimate of drug-likeness (QED) is 0.279. The molecule has 0 spiro atoms. The number of hydrogen-bond acceptors (Lipinski definition) is 8. The second-order valence-corrected chi connectivity index (χ2v) is 18.0. The van der Waals surface area contributed by atoms with Gasteiger partial charge in [0.2, 0.25) is 0 Å². The molecule has 0 unspecified atom stereocenters. The summed E-state index contributed by atoms with van der Waals surface area (Å²) in [5.74, 6) is 0. The van der Waals surface area contributed by atoms with E-state index in [0.29, 0.717) is 0 Å². The van der Waals surface area contributed by atoms with Crippen LogP contribution < -0.4 is 10.9 Å². The van der Waals surface area contributed by atoms with Gasteiger partial charge in [0, 0.05) is 14.1 Å². The average molecular weight is 723 g/mol. The molecule has 0 radical (unpaired) electrons. The summed E-state index contributed by atoms with van der Waals surface area (Å²) in [6, 6.07) is 15.8. The van der Waals surface area contributed by atoms with Crippen molar-refractivity contribution in [3.63, 3.8) is 0 Å². The number of carbonyl (C=O) groups is 2. The van der Waals surface area contributed by atoms with Gasteiger partial charge in [-0.25, -0.2) is 9.59 Å². The molecule has 2 aromatic carbocycles. The largest absolute Gasteiger partial charge is 0.494 e. The van der Waals surface area contributed by atoms with Crippen LogP contribution in [0.4, 0.5) is 9.59 Å². The molecular weight excluding hydrogens is 658 g/mol. The van der Waals surface area contributed by atoms with Crippen LogP contribution in [-0.4, -0.2) is 83.9 Å². The smallest absolute Gasteiger partial charge is 0.444 e. The first-order valence-electron chi connectivity index (χ1n) is 18.3. The molecule has 0 bridgehead atoms. The monoisotopic (exact) mass is 722 g/mol. The van der Waals surface area contributed by atoms with E-state index in [4.69, 9.17) is 28.1 Å². The van der Waals surface area contributed by atoms with Crippen LogP contribution in [0.25, 0.3) is 0 Å². The van der Waals surface area contributed by atoms with E-state index in [-0.39, 0.29) is 60.9 Å². The average Bonchev–Trinajstić information content (AvgIpc) is 3.37. The molecule has 2 heterocycles. The van der Waals surface area contributed by atoms with Crippen molar-refractivity contribution in [3.05, 3.63) is 59.7 Å². The van der Waals surface area contributed by atoms with Crippen molar-refractivity contribution >= 4 is 37.3 Å². The number of carbonyl (C=O) groups excluding carboxylic acids is 2. The summed E-state index contributed by atoms with van der Waals surface area (Å²) in [6.45, 7) is 31.5. The molecule has 0 aliphatic carbocycles. The molecule has 0 aromatic heterocycles. The third-order valence-corrected chi connectivity index (χ3v) is 10.4. The van der Waals surface area contributed by atoms with E-state index in [1.807, 2.05) is 159 Å². The fourth-order valence-electron chi connectivity index (χ4n) is 5.25. The highest BCUT2D eigenvalue weighted by molar-refractivity contribution is 6.62. The summed E-state index contributed by atoms with van der Waals surface area (Å²) in [6.07, 6.45) is -0.667. The minimum Gasteiger partial charge on any atom is -0.444 e. The maximum atomic E-state index is 12.3. The maximum absolute atomic E-state index is 12.3. The van der Waals surface area contributed by atoms with Crippen molar-refractivity contribution in [2.24, 2.45) is 0 Å². The van der Waals surface area contributed by atoms with Gasteiger partial charge in [0.05, 0.1) is 34.5 Å². The Hall–Kier alpha value is -3.05. The van der Waals surface area contributed by atoms with E-state index in [1.165, 1.54) is 0 Å². The van der Waals surface area contributed by atoms with Crippen LogP contribution in [0.2, 0.25) is 0 Å². The van der Waals surface area contributed by atoms with Gasteiger partial charge in [-0.3, -0.25) is 0 Å². The molecule has 0 N–H and O–H groups in total. The van der Waals surface area contributed by atoms with E-state index in [0.717, 1.165) is 22.1 Å². The van der Waals surface area contributed by atoms with Gasteiger partial charge in [0.25, 0.3) is 0 Å². The van der Waals surface area contributed by atoms with E-state index in [1.54, 1.807) is 23.9 Å². The summed E-state index contributed by atoms with van der Waals surface area (Å²) < 4.78 is 35.2. The SMILES string of the molecule is C[C@@H](c1ccc(B2OC(C)(C)C(C)(C)O2)cc1)N(C)C(=O)OC(C)(C)C.C[C@@H](c1ccc(B2OC(C)(C)C(C)(C)O2)cc1)N(C)C(=O)OC(C)(C)C. The number of rotatable bonds is 6. The van der Waals surface area contributed by atoms with Gasteiger partial charge in [-0.1, -0.05) is 48.5 Å². The summed E-state index contributed by atoms with van der Waals surface area (Å²) in [7, 11) is 2.74. The molecule has 288 valence electrons. The van der Waals surface area contributed by atoms with Gasteiger partial charge >= 0.3 is 26.4 Å². The number of nitrogens with zero attached hydrogens (tertiary/aromatic N) is 2. The first-order valence-corrected chi connectivity index (χ1v) is 18.3. The van der Waals surface area contributed by atoms with Crippen LogP contribution in [0.15, 0.2) is 48.5 Å². The molecule has 2 aliphatic heterocycles. The Morgan fingerprint density at radius 1 is 0.538 bits per heavy atom. The normalized spacial score (nSPS) is 20.0. The molecule has 2 atom stereocenters. The predicted molar refractivity (Wildman–Crippen MR) is 209 cm³/mol. The van der Waals surface area contributed by atoms with Crippen LogP contribution in [-0.2, 0) is 28.1 Å². The lowest BCUT2D eigenvalue weighted by atomic mass is 9.78. The van der Waals surface area contributed by atoms with E-state index >= 15 is 0 Å². The number of hydrogen-bond donors (Lipinski definition) is 0. The zero-order valence-corrected chi connectivity index (χ0v) is 35.1. The van der Waals surface area contributed by atoms with E-state index < -0.39 is 11.2 Å². The summed E-state index contributed by atoms with van der Waals surface area (Å²) in [5, 5.41) is 0. The molecule has 0 saturated carbocycles. The molecule has 2 aromatic rings. The number of benzene rings is 2. The lowest BCUT2D eigenvalue weighted by Crippen LogP contribution is -2.41. The van der Waals surface area contributed by atoms with Gasteiger partial charge in [0.15, 0.2) is 0 Å². The molecule has 12 heteroatoms. The van der Waals surface area contributed by atoms with Crippen LogP contribution in [0.1, 0.15) is 134 Å². The molecule has 2 aliphatic rings. The first-order chi connectivity index (χ1) is 23.5. The number of ether oxygens (including phenoxy) is 2. The highest BCUT2D eigenvalue weighted by Gasteiger charge is 2.52. The van der Waals surface area contributed by atoms with Crippen molar-refractivity contribution in [1.29, 1.82) is 0 Å². The molecule has 52 heavy (non-hydrogen) atoms. The highest BCUT2D eigenvalue weighted by atomic mass is 16.7. The van der Waals surface area contributed by atoms with Gasteiger partial charge in [-0.05, 0) is 133 Å². The van der Waals surface area contributed by atoms with E-state index in [2.05, 4.69) is 0 Å². The third kappa shape index (κ3) is 10.5. The lowest BCUT2D eigenvalue weighted by molar-refractivity contribution is 0.00578. The lowest BCUT2D eigenvalue weighted by Gasteiger charge is -2.32. The topological polar surface area (TPSA) is 96.0 Å². The number of amides is 2. The fourth-order valence-corrected chi connectivity index (χ4v) is 5.25. The van der Waals surface area contributed by atoms with Gasteiger partial charge in [-0.15, -0.1) is 0 Å². The summed E-state index contributed by atoms with van der Waals surface area (Å²) >= 11 is 0. The van der Waals surface area contributed by atoms with Crippen LogP contribution in [0.3, 0.4) is 0 Å². The van der Waals surface area contributed by atoms with Crippen molar-refractivity contribution < 1.29 is 37.7 Å². The zero-order chi connectivity index (χ0) is 39.8. The minimum absolute atomic E-state index is 0.0998. The fraction of sp³-hybridized carbons (Fsp3) is 0.650. The van der Waals surface area contributed by atoms with Gasteiger partial charge in [-0.2, -0.15) is 0 Å². The Morgan fingerprint density at radius 2 is 0.769 bits per heavy atom. The van der Waals surface area contributed by atoms with Crippen molar-refractivity contribution in [2.45, 2.75) is 156 Å². The predicted octanol–water partition coefficient (Wildman–Crippen LogP) is 7.83. The van der Waals surface area contributed by atoms with Gasteiger partial charge < -0.3 is 37.9 Å². The Balaban J connectivity index is 0.000000280. The van der Waals surface area contributed by atoms with Crippen LogP contribution in [0.5, 0.6) is 0 Å². The molecule has 10 nitrogen and oxygen atoms in total. The third-order valence-electron chi connectivity index (χ3n) is 10.4. The minimum atomic E-state index is -0.508. The maximum Gasteiger partial charge on any atom is 0.494 e. The highest BCUT2D eigenvalue weighted by Crippen LogP contribution is 2.37. The molecule has 2 saturated heterocycles. The zero-order valence-electron chi connectivity index (χ0n) is 35.1. The first kappa shape index (κ1) is 43.4. The van der Waals surface area contributed by atoms with Gasteiger partial charge in [0.1, 0.15) is 11.2 Å².